The van der Waals surface area contributed by atoms with Crippen LogP contribution in [0, 0.1) is 0 Å². The summed E-state index contributed by atoms with van der Waals surface area (Å²) in [7, 11) is 0. The second-order valence-electron chi connectivity index (χ2n) is 7.91. The molecule has 1 heterocycles. The molecule has 0 saturated carbocycles. The highest BCUT2D eigenvalue weighted by Gasteiger charge is 2.22. The second-order valence-corrected chi connectivity index (χ2v) is 9.63. The van der Waals surface area contributed by atoms with Crippen LogP contribution in [0.1, 0.15) is 61.0 Å². The predicted octanol–water partition coefficient (Wildman–Crippen LogP) is 5.80. The van der Waals surface area contributed by atoms with Crippen LogP contribution in [-0.4, -0.2) is 34.1 Å². The smallest absolute Gasteiger partial charge is 0.263 e. The lowest BCUT2D eigenvalue weighted by molar-refractivity contribution is -0.115. The summed E-state index contributed by atoms with van der Waals surface area (Å²) >= 11 is 6.29. The highest BCUT2D eigenvalue weighted by atomic mass is 32.2. The summed E-state index contributed by atoms with van der Waals surface area (Å²) in [5.41, 5.74) is 2.57. The molecule has 1 saturated heterocycles. The predicted molar refractivity (Wildman–Crippen MR) is 139 cm³/mol. The molecular weight excluding hydrogens is 452 g/mol. The van der Waals surface area contributed by atoms with Gasteiger partial charge in [-0.1, -0.05) is 74.9 Å². The Hall–Kier alpha value is -2.64. The van der Waals surface area contributed by atoms with Gasteiger partial charge in [0.15, 0.2) is 0 Å². The number of amides is 2. The Bertz CT molecular complexity index is 1010. The van der Waals surface area contributed by atoms with E-state index in [1.54, 1.807) is 6.08 Å². The van der Waals surface area contributed by atoms with Gasteiger partial charge in [0.25, 0.3) is 11.8 Å². The fourth-order valence-corrected chi connectivity index (χ4v) is 4.42. The van der Waals surface area contributed by atoms with E-state index in [4.69, 9.17) is 17.0 Å². The monoisotopic (exact) mass is 482 g/mol. The van der Waals surface area contributed by atoms with Gasteiger partial charge in [-0.3, -0.25) is 9.59 Å². The van der Waals surface area contributed by atoms with Crippen molar-refractivity contribution in [2.75, 3.05) is 13.1 Å². The maximum absolute atomic E-state index is 12.9. The SMILES string of the molecule is CCCCN(CCCC)C(=O)c1ccc(COc2cccc(C=C3SC(=S)NC3=O)c2)cc1. The number of ether oxygens (including phenoxy) is 1. The number of carbonyl (C=O) groups excluding carboxylic acids is 2. The molecule has 0 unspecified atom stereocenters. The normalized spacial score (nSPS) is 14.4. The molecule has 1 aliphatic heterocycles. The lowest BCUT2D eigenvalue weighted by Crippen LogP contribution is -2.32. The zero-order valence-corrected chi connectivity index (χ0v) is 20.8. The van der Waals surface area contributed by atoms with Crippen molar-refractivity contribution in [2.24, 2.45) is 0 Å². The lowest BCUT2D eigenvalue weighted by atomic mass is 10.1. The van der Waals surface area contributed by atoms with Crippen molar-refractivity contribution in [1.29, 1.82) is 0 Å². The Morgan fingerprint density at radius 1 is 1.09 bits per heavy atom. The zero-order valence-electron chi connectivity index (χ0n) is 19.1. The molecule has 33 heavy (non-hydrogen) atoms. The van der Waals surface area contributed by atoms with E-state index >= 15 is 0 Å². The maximum atomic E-state index is 12.9. The van der Waals surface area contributed by atoms with E-state index in [1.165, 1.54) is 11.8 Å². The molecular formula is C26H30N2O3S2. The average molecular weight is 483 g/mol. The zero-order chi connectivity index (χ0) is 23.6. The first kappa shape index (κ1) is 25.0. The summed E-state index contributed by atoms with van der Waals surface area (Å²) in [5.74, 6) is 0.633. The minimum Gasteiger partial charge on any atom is -0.489 e. The van der Waals surface area contributed by atoms with Gasteiger partial charge < -0.3 is 15.0 Å². The van der Waals surface area contributed by atoms with Crippen LogP contribution in [0.15, 0.2) is 53.4 Å². The highest BCUT2D eigenvalue weighted by molar-refractivity contribution is 8.26. The van der Waals surface area contributed by atoms with Crippen molar-refractivity contribution in [2.45, 2.75) is 46.1 Å². The number of unbranched alkanes of at least 4 members (excludes halogenated alkanes) is 2. The molecule has 7 heteroatoms. The van der Waals surface area contributed by atoms with Crippen molar-refractivity contribution in [1.82, 2.24) is 10.2 Å². The molecule has 0 radical (unpaired) electrons. The summed E-state index contributed by atoms with van der Waals surface area (Å²) in [5, 5.41) is 2.62. The summed E-state index contributed by atoms with van der Waals surface area (Å²) in [6.07, 6.45) is 5.99. The molecule has 2 amide bonds. The van der Waals surface area contributed by atoms with Gasteiger partial charge >= 0.3 is 0 Å². The molecule has 0 aliphatic carbocycles. The second kappa shape index (κ2) is 12.6. The lowest BCUT2D eigenvalue weighted by Gasteiger charge is -2.22. The van der Waals surface area contributed by atoms with Gasteiger partial charge in [-0.25, -0.2) is 0 Å². The first-order chi connectivity index (χ1) is 16.0. The third kappa shape index (κ3) is 7.44. The van der Waals surface area contributed by atoms with E-state index < -0.39 is 0 Å². The van der Waals surface area contributed by atoms with E-state index in [1.807, 2.05) is 53.4 Å². The molecule has 0 aromatic heterocycles. The van der Waals surface area contributed by atoms with E-state index in [0.29, 0.717) is 27.1 Å². The minimum atomic E-state index is -0.172. The van der Waals surface area contributed by atoms with E-state index in [2.05, 4.69) is 19.2 Å². The van der Waals surface area contributed by atoms with E-state index in [-0.39, 0.29) is 11.8 Å². The van der Waals surface area contributed by atoms with Gasteiger partial charge in [0.05, 0.1) is 4.91 Å². The van der Waals surface area contributed by atoms with Crippen molar-refractivity contribution in [3.05, 3.63) is 70.1 Å². The number of nitrogens with zero attached hydrogens (tertiary/aromatic N) is 1. The van der Waals surface area contributed by atoms with Crippen LogP contribution < -0.4 is 10.1 Å². The molecule has 2 aromatic carbocycles. The standard InChI is InChI=1S/C26H30N2O3S2/c1-3-5-14-28(15-6-4-2)25(30)21-12-10-19(11-13-21)18-31-22-9-7-8-20(16-22)17-23-24(29)27-26(32)33-23/h7-13,16-17H,3-6,14-15,18H2,1-2H3,(H,27,29,32). The fraction of sp³-hybridized carbons (Fsp3) is 0.346. The number of carbonyl (C=O) groups is 2. The number of hydrogen-bond donors (Lipinski definition) is 1. The molecule has 0 atom stereocenters. The van der Waals surface area contributed by atoms with Gasteiger partial charge in [-0.05, 0) is 54.3 Å². The van der Waals surface area contributed by atoms with Crippen LogP contribution in [0.3, 0.4) is 0 Å². The molecule has 1 fully saturated rings. The van der Waals surface area contributed by atoms with Crippen molar-refractivity contribution < 1.29 is 14.3 Å². The quantitative estimate of drug-likeness (QED) is 0.324. The Balaban J connectivity index is 1.60. The van der Waals surface area contributed by atoms with Crippen molar-refractivity contribution >= 4 is 46.2 Å². The molecule has 5 nitrogen and oxygen atoms in total. The summed E-state index contributed by atoms with van der Waals surface area (Å²) in [4.78, 5) is 27.3. The van der Waals surface area contributed by atoms with Gasteiger partial charge in [-0.2, -0.15) is 0 Å². The number of hydrogen-bond acceptors (Lipinski definition) is 5. The minimum absolute atomic E-state index is 0.0957. The molecule has 1 N–H and O–H groups in total. The van der Waals surface area contributed by atoms with Crippen LogP contribution in [-0.2, 0) is 11.4 Å². The summed E-state index contributed by atoms with van der Waals surface area (Å²) < 4.78 is 6.41. The Morgan fingerprint density at radius 2 is 1.79 bits per heavy atom. The topological polar surface area (TPSA) is 58.6 Å². The third-order valence-electron chi connectivity index (χ3n) is 5.25. The molecule has 0 spiro atoms. The molecule has 0 bridgehead atoms. The van der Waals surface area contributed by atoms with Crippen LogP contribution >= 0.6 is 24.0 Å². The maximum Gasteiger partial charge on any atom is 0.263 e. The Labute approximate surface area is 205 Å². The first-order valence-electron chi connectivity index (χ1n) is 11.4. The molecule has 1 aliphatic rings. The van der Waals surface area contributed by atoms with E-state index in [0.717, 1.165) is 49.9 Å². The number of thiocarbonyl (C=S) groups is 1. The average Bonchev–Trinajstić information content (AvgIpc) is 3.14. The number of thioether (sulfide) groups is 1. The number of benzene rings is 2. The van der Waals surface area contributed by atoms with Crippen LogP contribution in [0.25, 0.3) is 6.08 Å². The van der Waals surface area contributed by atoms with E-state index in [9.17, 15) is 9.59 Å². The van der Waals surface area contributed by atoms with Crippen molar-refractivity contribution in [3.63, 3.8) is 0 Å². The molecule has 3 rings (SSSR count). The summed E-state index contributed by atoms with van der Waals surface area (Å²) in [6, 6.07) is 15.2. The van der Waals surface area contributed by atoms with Gasteiger partial charge in [0, 0.05) is 18.7 Å². The molecule has 2 aromatic rings. The highest BCUT2D eigenvalue weighted by Crippen LogP contribution is 2.27. The summed E-state index contributed by atoms with van der Waals surface area (Å²) in [6.45, 7) is 6.29. The largest absolute Gasteiger partial charge is 0.489 e. The van der Waals surface area contributed by atoms with Crippen LogP contribution in [0.4, 0.5) is 0 Å². The Kier molecular flexibility index (Phi) is 9.51. The van der Waals surface area contributed by atoms with Gasteiger partial charge in [-0.15, -0.1) is 0 Å². The Morgan fingerprint density at radius 3 is 2.39 bits per heavy atom. The number of rotatable bonds is 11. The van der Waals surface area contributed by atoms with Crippen LogP contribution in [0.5, 0.6) is 5.75 Å². The van der Waals surface area contributed by atoms with Crippen LogP contribution in [0.2, 0.25) is 0 Å². The first-order valence-corrected chi connectivity index (χ1v) is 12.6. The van der Waals surface area contributed by atoms with Gasteiger partial charge in [0.1, 0.15) is 16.7 Å². The number of nitrogens with one attached hydrogen (secondary N) is 1. The molecule has 174 valence electrons. The van der Waals surface area contributed by atoms with Crippen molar-refractivity contribution in [3.8, 4) is 5.75 Å². The van der Waals surface area contributed by atoms with Gasteiger partial charge in [0.2, 0.25) is 0 Å². The fourth-order valence-electron chi connectivity index (χ4n) is 3.37. The third-order valence-corrected chi connectivity index (χ3v) is 6.42.